The molecule has 0 fully saturated rings. The Balaban J connectivity index is 1.71. The molecule has 6 heteroatoms. The first-order valence-electron chi connectivity index (χ1n) is 7.49. The highest BCUT2D eigenvalue weighted by Gasteiger charge is 2.36. The zero-order valence-electron chi connectivity index (χ0n) is 13.5. The Labute approximate surface area is 144 Å². The molecule has 2 aromatic rings. The summed E-state index contributed by atoms with van der Waals surface area (Å²) in [6.45, 7) is 0.151. The quantitative estimate of drug-likeness (QED) is 0.598. The number of ether oxygens (including phenoxy) is 2. The number of methoxy groups -OCH3 is 1. The summed E-state index contributed by atoms with van der Waals surface area (Å²) < 4.78 is 10.6. The van der Waals surface area contributed by atoms with E-state index in [4.69, 9.17) is 20.7 Å². The van der Waals surface area contributed by atoms with Gasteiger partial charge < -0.3 is 9.47 Å². The molecule has 0 atom stereocenters. The topological polar surface area (TPSA) is 65.1 Å². The van der Waals surface area contributed by atoms with Crippen LogP contribution in [0.4, 0.5) is 0 Å². The molecule has 1 aliphatic heterocycles. The third kappa shape index (κ3) is 3.18. The van der Waals surface area contributed by atoms with Crippen LogP contribution in [0.2, 0.25) is 0 Å². The molecule has 0 bridgehead atoms. The SMILES string of the molecule is C#CCOc1ccc(CON2C(=O)c3ccccc3C2=O)cc1OC. The molecule has 0 aliphatic carbocycles. The summed E-state index contributed by atoms with van der Waals surface area (Å²) >= 11 is 0. The van der Waals surface area contributed by atoms with Crippen LogP contribution >= 0.6 is 0 Å². The van der Waals surface area contributed by atoms with Gasteiger partial charge in [-0.1, -0.05) is 24.1 Å². The van der Waals surface area contributed by atoms with Crippen molar-refractivity contribution >= 4 is 11.8 Å². The van der Waals surface area contributed by atoms with Gasteiger partial charge >= 0.3 is 0 Å². The largest absolute Gasteiger partial charge is 0.493 e. The van der Waals surface area contributed by atoms with Gasteiger partial charge in [-0.25, -0.2) is 0 Å². The molecular formula is C19H15NO5. The Morgan fingerprint density at radius 2 is 1.72 bits per heavy atom. The van der Waals surface area contributed by atoms with Crippen LogP contribution in [0, 0.1) is 12.3 Å². The van der Waals surface area contributed by atoms with Crippen LogP contribution in [0.25, 0.3) is 0 Å². The lowest BCUT2D eigenvalue weighted by Crippen LogP contribution is -2.29. The van der Waals surface area contributed by atoms with Crippen molar-refractivity contribution in [3.8, 4) is 23.8 Å². The number of hydrogen-bond donors (Lipinski definition) is 0. The fourth-order valence-electron chi connectivity index (χ4n) is 2.46. The summed E-state index contributed by atoms with van der Waals surface area (Å²) in [7, 11) is 1.51. The molecule has 126 valence electrons. The van der Waals surface area contributed by atoms with Gasteiger partial charge in [0.15, 0.2) is 11.5 Å². The molecule has 2 aromatic carbocycles. The van der Waals surface area contributed by atoms with Crippen molar-refractivity contribution in [3.05, 3.63) is 59.2 Å². The highest BCUT2D eigenvalue weighted by atomic mass is 16.7. The normalized spacial score (nSPS) is 12.7. The van der Waals surface area contributed by atoms with Gasteiger partial charge in [0.2, 0.25) is 0 Å². The molecule has 0 saturated carbocycles. The zero-order chi connectivity index (χ0) is 17.8. The number of rotatable bonds is 6. The number of imide groups is 1. The average Bonchev–Trinajstić information content (AvgIpc) is 2.89. The van der Waals surface area contributed by atoms with Gasteiger partial charge in [0.1, 0.15) is 13.2 Å². The van der Waals surface area contributed by atoms with Crippen molar-refractivity contribution in [1.82, 2.24) is 5.06 Å². The van der Waals surface area contributed by atoms with E-state index >= 15 is 0 Å². The van der Waals surface area contributed by atoms with Crippen LogP contribution in [0.15, 0.2) is 42.5 Å². The number of benzene rings is 2. The van der Waals surface area contributed by atoms with Gasteiger partial charge in [-0.3, -0.25) is 14.4 Å². The molecule has 0 aromatic heterocycles. The molecule has 3 rings (SSSR count). The zero-order valence-corrected chi connectivity index (χ0v) is 13.5. The summed E-state index contributed by atoms with van der Waals surface area (Å²) in [5.74, 6) is 2.43. The fraction of sp³-hybridized carbons (Fsp3) is 0.158. The van der Waals surface area contributed by atoms with Gasteiger partial charge in [0, 0.05) is 0 Å². The van der Waals surface area contributed by atoms with Crippen molar-refractivity contribution in [1.29, 1.82) is 0 Å². The predicted octanol–water partition coefficient (Wildman–Crippen LogP) is 2.44. The molecule has 0 saturated heterocycles. The Kier molecular flexibility index (Phi) is 4.68. The molecule has 1 heterocycles. The van der Waals surface area contributed by atoms with Crippen molar-refractivity contribution in [2.75, 3.05) is 13.7 Å². The maximum atomic E-state index is 12.2. The van der Waals surface area contributed by atoms with Gasteiger partial charge in [-0.15, -0.1) is 11.5 Å². The number of hydrogen-bond acceptors (Lipinski definition) is 5. The van der Waals surface area contributed by atoms with Crippen LogP contribution in [-0.2, 0) is 11.4 Å². The van der Waals surface area contributed by atoms with Crippen molar-refractivity contribution < 1.29 is 23.9 Å². The number of carbonyl (C=O) groups is 2. The lowest BCUT2D eigenvalue weighted by atomic mass is 10.1. The summed E-state index contributed by atoms with van der Waals surface area (Å²) in [6.07, 6.45) is 5.17. The maximum Gasteiger partial charge on any atom is 0.285 e. The van der Waals surface area contributed by atoms with Gasteiger partial charge in [0.25, 0.3) is 11.8 Å². The van der Waals surface area contributed by atoms with Crippen LogP contribution in [0.3, 0.4) is 0 Å². The van der Waals surface area contributed by atoms with Gasteiger partial charge in [-0.2, -0.15) is 0 Å². The fourth-order valence-corrected chi connectivity index (χ4v) is 2.46. The van der Waals surface area contributed by atoms with E-state index in [9.17, 15) is 9.59 Å². The minimum absolute atomic E-state index is 0.0250. The van der Waals surface area contributed by atoms with Crippen molar-refractivity contribution in [2.24, 2.45) is 0 Å². The standard InChI is InChI=1S/C19H15NO5/c1-3-10-24-16-9-8-13(11-17(16)23-2)12-25-20-18(21)14-6-4-5-7-15(14)19(20)22/h1,4-9,11H,10,12H2,2H3. The summed E-state index contributed by atoms with van der Waals surface area (Å²) in [4.78, 5) is 29.9. The van der Waals surface area contributed by atoms with Gasteiger partial charge in [-0.05, 0) is 29.8 Å². The van der Waals surface area contributed by atoms with E-state index in [0.29, 0.717) is 28.2 Å². The van der Waals surface area contributed by atoms with Crippen LogP contribution < -0.4 is 9.47 Å². The first-order chi connectivity index (χ1) is 12.2. The highest BCUT2D eigenvalue weighted by molar-refractivity contribution is 6.20. The highest BCUT2D eigenvalue weighted by Crippen LogP contribution is 2.29. The number of terminal acetylenes is 1. The second-order valence-corrected chi connectivity index (χ2v) is 5.20. The van der Waals surface area contributed by atoms with E-state index in [1.165, 1.54) is 7.11 Å². The number of fused-ring (bicyclic) bond motifs is 1. The first-order valence-corrected chi connectivity index (χ1v) is 7.49. The number of hydroxylamine groups is 2. The molecule has 2 amide bonds. The second kappa shape index (κ2) is 7.07. The molecule has 1 aliphatic rings. The molecule has 0 N–H and O–H groups in total. The predicted molar refractivity (Wildman–Crippen MR) is 89.1 cm³/mol. The number of nitrogens with zero attached hydrogens (tertiary/aromatic N) is 1. The van der Waals surface area contributed by atoms with E-state index in [1.54, 1.807) is 42.5 Å². The second-order valence-electron chi connectivity index (χ2n) is 5.20. The molecule has 25 heavy (non-hydrogen) atoms. The average molecular weight is 337 g/mol. The Hall–Kier alpha value is -3.30. The third-order valence-corrected chi connectivity index (χ3v) is 3.66. The Morgan fingerprint density at radius 3 is 2.32 bits per heavy atom. The molecule has 6 nitrogen and oxygen atoms in total. The number of carbonyl (C=O) groups excluding carboxylic acids is 2. The lowest BCUT2D eigenvalue weighted by molar-refractivity contribution is -0.101. The van der Waals surface area contributed by atoms with Crippen molar-refractivity contribution in [3.63, 3.8) is 0 Å². The lowest BCUT2D eigenvalue weighted by Gasteiger charge is -2.15. The summed E-state index contributed by atoms with van der Waals surface area (Å²) in [6, 6.07) is 11.7. The minimum atomic E-state index is -0.471. The van der Waals surface area contributed by atoms with E-state index in [0.717, 1.165) is 5.06 Å². The van der Waals surface area contributed by atoms with E-state index in [1.807, 2.05) is 0 Å². The molecular weight excluding hydrogens is 322 g/mol. The summed E-state index contributed by atoms with van der Waals surface area (Å²) in [5.41, 5.74) is 1.38. The molecule has 0 radical (unpaired) electrons. The maximum absolute atomic E-state index is 12.2. The Morgan fingerprint density at radius 1 is 1.04 bits per heavy atom. The first kappa shape index (κ1) is 16.6. The van der Waals surface area contributed by atoms with E-state index in [-0.39, 0.29) is 13.2 Å². The number of amides is 2. The monoisotopic (exact) mass is 337 g/mol. The van der Waals surface area contributed by atoms with Crippen LogP contribution in [0.5, 0.6) is 11.5 Å². The molecule has 0 unspecified atom stereocenters. The Bertz CT molecular complexity index is 833. The molecule has 0 spiro atoms. The summed E-state index contributed by atoms with van der Waals surface area (Å²) in [5, 5.41) is 0.778. The minimum Gasteiger partial charge on any atom is -0.493 e. The van der Waals surface area contributed by atoms with E-state index < -0.39 is 11.8 Å². The smallest absolute Gasteiger partial charge is 0.285 e. The van der Waals surface area contributed by atoms with Crippen LogP contribution in [-0.4, -0.2) is 30.6 Å². The van der Waals surface area contributed by atoms with Crippen molar-refractivity contribution in [2.45, 2.75) is 6.61 Å². The van der Waals surface area contributed by atoms with Crippen LogP contribution in [0.1, 0.15) is 26.3 Å². The van der Waals surface area contributed by atoms with E-state index in [2.05, 4.69) is 5.92 Å². The van der Waals surface area contributed by atoms with Gasteiger partial charge in [0.05, 0.1) is 18.2 Å². The third-order valence-electron chi connectivity index (χ3n) is 3.66.